The summed E-state index contributed by atoms with van der Waals surface area (Å²) < 4.78 is 5.49. The number of hydrogen-bond acceptors (Lipinski definition) is 6. The smallest absolute Gasteiger partial charge is 0.243 e. The summed E-state index contributed by atoms with van der Waals surface area (Å²) in [5.74, 6) is 1.96. The predicted molar refractivity (Wildman–Crippen MR) is 70.5 cm³/mol. The van der Waals surface area contributed by atoms with Crippen molar-refractivity contribution in [3.8, 4) is 0 Å². The third-order valence-electron chi connectivity index (χ3n) is 2.71. The van der Waals surface area contributed by atoms with Gasteiger partial charge in [-0.25, -0.2) is 9.97 Å². The molecule has 0 unspecified atom stereocenters. The second kappa shape index (κ2) is 5.01. The molecule has 3 aromatic rings. The standard InChI is InChI=1S/C13H13N5O/c1-2-9-7-14-12(19-9)8-15-13-16-10-5-3-4-6-11(10)17-18-13/h3-7H,2,8H2,1H3,(H,15,16,18). The topological polar surface area (TPSA) is 76.7 Å². The zero-order valence-electron chi connectivity index (χ0n) is 10.5. The van der Waals surface area contributed by atoms with Gasteiger partial charge in [0.15, 0.2) is 0 Å². The minimum atomic E-state index is 0.444. The minimum absolute atomic E-state index is 0.444. The van der Waals surface area contributed by atoms with Gasteiger partial charge in [-0.1, -0.05) is 19.1 Å². The van der Waals surface area contributed by atoms with E-state index in [0.717, 1.165) is 23.2 Å². The number of aromatic nitrogens is 4. The largest absolute Gasteiger partial charge is 0.444 e. The molecule has 6 heteroatoms. The average Bonchev–Trinajstić information content (AvgIpc) is 2.93. The molecule has 0 bridgehead atoms. The molecule has 2 aromatic heterocycles. The van der Waals surface area contributed by atoms with Gasteiger partial charge in [-0.15, -0.1) is 10.2 Å². The van der Waals surface area contributed by atoms with Gasteiger partial charge in [0.1, 0.15) is 11.3 Å². The van der Waals surface area contributed by atoms with Crippen molar-refractivity contribution in [1.29, 1.82) is 0 Å². The highest BCUT2D eigenvalue weighted by atomic mass is 16.4. The molecule has 19 heavy (non-hydrogen) atoms. The average molecular weight is 255 g/mol. The van der Waals surface area contributed by atoms with Gasteiger partial charge in [0.25, 0.3) is 0 Å². The third kappa shape index (κ3) is 2.52. The Morgan fingerprint density at radius 1 is 1.16 bits per heavy atom. The number of rotatable bonds is 4. The van der Waals surface area contributed by atoms with Crippen LogP contribution in [0.4, 0.5) is 5.95 Å². The van der Waals surface area contributed by atoms with Crippen LogP contribution < -0.4 is 5.32 Å². The van der Waals surface area contributed by atoms with Gasteiger partial charge in [-0.05, 0) is 12.1 Å². The van der Waals surface area contributed by atoms with E-state index in [2.05, 4.69) is 25.5 Å². The molecule has 0 aliphatic carbocycles. The summed E-state index contributed by atoms with van der Waals surface area (Å²) in [5, 5.41) is 11.1. The van der Waals surface area contributed by atoms with Crippen molar-refractivity contribution in [2.24, 2.45) is 0 Å². The highest BCUT2D eigenvalue weighted by Crippen LogP contribution is 2.10. The maximum absolute atomic E-state index is 5.49. The monoisotopic (exact) mass is 255 g/mol. The van der Waals surface area contributed by atoms with Gasteiger partial charge in [0.05, 0.1) is 18.3 Å². The van der Waals surface area contributed by atoms with Gasteiger partial charge in [-0.2, -0.15) is 0 Å². The van der Waals surface area contributed by atoms with Crippen LogP contribution in [0.3, 0.4) is 0 Å². The second-order valence-corrected chi connectivity index (χ2v) is 4.05. The fraction of sp³-hybridized carbons (Fsp3) is 0.231. The number of hydrogen-bond donors (Lipinski definition) is 1. The maximum atomic E-state index is 5.49. The molecule has 2 heterocycles. The lowest BCUT2D eigenvalue weighted by Gasteiger charge is -2.02. The van der Waals surface area contributed by atoms with Gasteiger partial charge < -0.3 is 9.73 Å². The van der Waals surface area contributed by atoms with Gasteiger partial charge in [-0.3, -0.25) is 0 Å². The third-order valence-corrected chi connectivity index (χ3v) is 2.71. The quantitative estimate of drug-likeness (QED) is 0.770. The van der Waals surface area contributed by atoms with Crippen LogP contribution in [0.5, 0.6) is 0 Å². The molecule has 1 aromatic carbocycles. The number of para-hydroxylation sites is 1. The number of nitrogens with zero attached hydrogens (tertiary/aromatic N) is 4. The summed E-state index contributed by atoms with van der Waals surface area (Å²) in [4.78, 5) is 8.52. The van der Waals surface area contributed by atoms with E-state index in [-0.39, 0.29) is 0 Å². The van der Waals surface area contributed by atoms with Crippen LogP contribution in [0.2, 0.25) is 0 Å². The Labute approximate surface area is 109 Å². The molecule has 0 aliphatic rings. The first-order valence-corrected chi connectivity index (χ1v) is 6.12. The lowest BCUT2D eigenvalue weighted by Crippen LogP contribution is -2.05. The first-order valence-electron chi connectivity index (χ1n) is 6.12. The number of anilines is 1. The van der Waals surface area contributed by atoms with E-state index in [9.17, 15) is 0 Å². The molecular weight excluding hydrogens is 242 g/mol. The van der Waals surface area contributed by atoms with Crippen molar-refractivity contribution in [3.63, 3.8) is 0 Å². The number of benzene rings is 1. The Bertz CT molecular complexity index is 694. The van der Waals surface area contributed by atoms with Crippen molar-refractivity contribution < 1.29 is 4.42 Å². The van der Waals surface area contributed by atoms with Crippen molar-refractivity contribution >= 4 is 17.0 Å². The van der Waals surface area contributed by atoms with Crippen LogP contribution in [0.1, 0.15) is 18.6 Å². The second-order valence-electron chi connectivity index (χ2n) is 4.05. The number of fused-ring (bicyclic) bond motifs is 1. The first kappa shape index (κ1) is 11.6. The predicted octanol–water partition coefficient (Wildman–Crippen LogP) is 2.19. The highest BCUT2D eigenvalue weighted by molar-refractivity contribution is 5.73. The van der Waals surface area contributed by atoms with E-state index in [1.807, 2.05) is 31.2 Å². The Balaban J connectivity index is 1.74. The number of nitrogens with one attached hydrogen (secondary N) is 1. The molecule has 0 aliphatic heterocycles. The van der Waals surface area contributed by atoms with Crippen molar-refractivity contribution in [1.82, 2.24) is 20.2 Å². The normalized spacial score (nSPS) is 10.8. The van der Waals surface area contributed by atoms with Crippen LogP contribution in [0, 0.1) is 0 Å². The molecular formula is C13H13N5O. The molecule has 0 saturated carbocycles. The summed E-state index contributed by atoms with van der Waals surface area (Å²) in [6, 6.07) is 7.60. The molecule has 1 N–H and O–H groups in total. The minimum Gasteiger partial charge on any atom is -0.444 e. The molecule has 6 nitrogen and oxygen atoms in total. The highest BCUT2D eigenvalue weighted by Gasteiger charge is 2.04. The fourth-order valence-electron chi connectivity index (χ4n) is 1.70. The molecule has 0 saturated heterocycles. The molecule has 0 spiro atoms. The Hall–Kier alpha value is -2.50. The summed E-state index contributed by atoms with van der Waals surface area (Å²) in [7, 11) is 0. The van der Waals surface area contributed by atoms with Crippen molar-refractivity contribution in [2.75, 3.05) is 5.32 Å². The molecule has 0 amide bonds. The van der Waals surface area contributed by atoms with E-state index in [4.69, 9.17) is 4.42 Å². The zero-order valence-corrected chi connectivity index (χ0v) is 10.5. The van der Waals surface area contributed by atoms with Gasteiger partial charge in [0.2, 0.25) is 11.8 Å². The summed E-state index contributed by atoms with van der Waals surface area (Å²) in [6.07, 6.45) is 2.57. The van der Waals surface area contributed by atoms with Crippen LogP contribution in [-0.2, 0) is 13.0 Å². The van der Waals surface area contributed by atoms with Gasteiger partial charge >= 0.3 is 0 Å². The Kier molecular flexibility index (Phi) is 3.06. The van der Waals surface area contributed by atoms with Gasteiger partial charge in [0, 0.05) is 6.42 Å². The van der Waals surface area contributed by atoms with Crippen LogP contribution in [0.25, 0.3) is 11.0 Å². The summed E-state index contributed by atoms with van der Waals surface area (Å²) in [6.45, 7) is 2.47. The van der Waals surface area contributed by atoms with E-state index >= 15 is 0 Å². The van der Waals surface area contributed by atoms with Crippen molar-refractivity contribution in [3.05, 3.63) is 42.1 Å². The van der Waals surface area contributed by atoms with Crippen LogP contribution >= 0.6 is 0 Å². The Morgan fingerprint density at radius 2 is 2.00 bits per heavy atom. The maximum Gasteiger partial charge on any atom is 0.243 e. The summed E-state index contributed by atoms with van der Waals surface area (Å²) >= 11 is 0. The lowest BCUT2D eigenvalue weighted by atomic mass is 10.3. The molecule has 0 atom stereocenters. The zero-order chi connectivity index (χ0) is 13.1. The summed E-state index contributed by atoms with van der Waals surface area (Å²) in [5.41, 5.74) is 1.58. The van der Waals surface area contributed by atoms with E-state index < -0.39 is 0 Å². The van der Waals surface area contributed by atoms with Crippen LogP contribution in [-0.4, -0.2) is 20.2 Å². The molecule has 96 valence electrons. The first-order chi connectivity index (χ1) is 9.35. The fourth-order valence-corrected chi connectivity index (χ4v) is 1.70. The molecule has 0 fully saturated rings. The Morgan fingerprint density at radius 3 is 2.79 bits per heavy atom. The van der Waals surface area contributed by atoms with E-state index in [1.54, 1.807) is 6.20 Å². The lowest BCUT2D eigenvalue weighted by molar-refractivity contribution is 0.465. The van der Waals surface area contributed by atoms with Crippen LogP contribution in [0.15, 0.2) is 34.9 Å². The number of aryl methyl sites for hydroxylation is 1. The number of oxazole rings is 1. The molecule has 0 radical (unpaired) electrons. The van der Waals surface area contributed by atoms with Crippen molar-refractivity contribution in [2.45, 2.75) is 19.9 Å². The van der Waals surface area contributed by atoms with E-state index in [1.165, 1.54) is 0 Å². The SMILES string of the molecule is CCc1cnc(CNc2nnc3ccccc3n2)o1. The van der Waals surface area contributed by atoms with E-state index in [0.29, 0.717) is 18.4 Å². The molecule has 3 rings (SSSR count).